The molecule has 1 atom stereocenters. The average molecular weight is 399 g/mol. The molecule has 0 amide bonds. The van der Waals surface area contributed by atoms with Crippen LogP contribution < -0.4 is 14.2 Å². The Kier molecular flexibility index (Phi) is 6.54. The summed E-state index contributed by atoms with van der Waals surface area (Å²) in [7, 11) is 7.09. The van der Waals surface area contributed by atoms with Gasteiger partial charge < -0.3 is 14.2 Å². The summed E-state index contributed by atoms with van der Waals surface area (Å²) in [5.41, 5.74) is 3.23. The fraction of sp³-hybridized carbons (Fsp3) is 0.318. The van der Waals surface area contributed by atoms with E-state index >= 15 is 0 Å². The van der Waals surface area contributed by atoms with Gasteiger partial charge in [0.15, 0.2) is 11.5 Å². The number of rotatable bonds is 8. The number of para-hydroxylation sites is 1. The van der Waals surface area contributed by atoms with Crippen LogP contribution in [0.4, 0.5) is 0 Å². The third kappa shape index (κ3) is 4.29. The van der Waals surface area contributed by atoms with E-state index in [-0.39, 0.29) is 6.04 Å². The largest absolute Gasteiger partial charge is 0.497 e. The summed E-state index contributed by atoms with van der Waals surface area (Å²) in [5.74, 6) is 2.29. The molecular weight excluding hydrogens is 372 g/mol. The zero-order valence-corrected chi connectivity index (χ0v) is 17.7. The molecule has 0 radical (unpaired) electrons. The van der Waals surface area contributed by atoms with Crippen LogP contribution in [0, 0.1) is 0 Å². The maximum atomic E-state index is 5.55. The molecule has 28 heavy (non-hydrogen) atoms. The molecule has 0 spiro atoms. The van der Waals surface area contributed by atoms with E-state index < -0.39 is 0 Å². The van der Waals surface area contributed by atoms with Crippen LogP contribution >= 0.6 is 11.3 Å². The van der Waals surface area contributed by atoms with Gasteiger partial charge in [-0.25, -0.2) is 4.98 Å². The molecule has 1 unspecified atom stereocenters. The van der Waals surface area contributed by atoms with E-state index in [9.17, 15) is 0 Å². The van der Waals surface area contributed by atoms with Crippen molar-refractivity contribution >= 4 is 11.3 Å². The van der Waals surface area contributed by atoms with Crippen LogP contribution in [0.25, 0.3) is 10.6 Å². The van der Waals surface area contributed by atoms with E-state index in [0.717, 1.165) is 28.6 Å². The highest BCUT2D eigenvalue weighted by Crippen LogP contribution is 2.39. The van der Waals surface area contributed by atoms with Crippen LogP contribution in [0.5, 0.6) is 17.2 Å². The van der Waals surface area contributed by atoms with E-state index in [2.05, 4.69) is 36.4 Å². The highest BCUT2D eigenvalue weighted by molar-refractivity contribution is 7.13. The second-order valence-corrected chi connectivity index (χ2v) is 7.41. The smallest absolute Gasteiger partial charge is 0.170 e. The number of benzene rings is 2. The lowest BCUT2D eigenvalue weighted by atomic mass is 10.1. The highest BCUT2D eigenvalue weighted by Gasteiger charge is 2.17. The molecule has 0 aliphatic rings. The van der Waals surface area contributed by atoms with Crippen LogP contribution in [-0.2, 0) is 6.54 Å². The third-order valence-corrected chi connectivity index (χ3v) is 5.78. The van der Waals surface area contributed by atoms with E-state index in [4.69, 9.17) is 19.2 Å². The second-order valence-electron chi connectivity index (χ2n) is 6.55. The predicted molar refractivity (Wildman–Crippen MR) is 114 cm³/mol. The Balaban J connectivity index is 1.75. The molecule has 2 aromatic carbocycles. The second kappa shape index (κ2) is 9.08. The van der Waals surface area contributed by atoms with E-state index in [1.54, 1.807) is 32.7 Å². The van der Waals surface area contributed by atoms with Crippen molar-refractivity contribution in [3.63, 3.8) is 0 Å². The lowest BCUT2D eigenvalue weighted by Crippen LogP contribution is -2.22. The molecule has 3 rings (SSSR count). The fourth-order valence-electron chi connectivity index (χ4n) is 3.09. The Bertz CT molecular complexity index is 908. The van der Waals surface area contributed by atoms with Crippen LogP contribution in [0.15, 0.2) is 47.8 Å². The lowest BCUT2D eigenvalue weighted by Gasteiger charge is -2.24. The van der Waals surface area contributed by atoms with Crippen molar-refractivity contribution in [3.8, 4) is 27.8 Å². The summed E-state index contributed by atoms with van der Waals surface area (Å²) in [5, 5.41) is 3.03. The number of aromatic nitrogens is 1. The van der Waals surface area contributed by atoms with Gasteiger partial charge in [-0.1, -0.05) is 18.2 Å². The predicted octanol–water partition coefficient (Wildman–Crippen LogP) is 5.03. The first-order valence-electron chi connectivity index (χ1n) is 9.07. The first-order valence-corrected chi connectivity index (χ1v) is 9.95. The van der Waals surface area contributed by atoms with Gasteiger partial charge in [-0.05, 0) is 43.8 Å². The summed E-state index contributed by atoms with van der Waals surface area (Å²) in [6.07, 6.45) is 0. The van der Waals surface area contributed by atoms with Crippen molar-refractivity contribution in [3.05, 3.63) is 59.1 Å². The highest BCUT2D eigenvalue weighted by atomic mass is 32.1. The van der Waals surface area contributed by atoms with Crippen molar-refractivity contribution in [1.82, 2.24) is 9.88 Å². The first-order chi connectivity index (χ1) is 13.6. The van der Waals surface area contributed by atoms with Crippen LogP contribution in [0.2, 0.25) is 0 Å². The van der Waals surface area contributed by atoms with Crippen molar-refractivity contribution in [2.24, 2.45) is 0 Å². The molecular formula is C22H26N2O3S. The Morgan fingerprint density at radius 2 is 1.75 bits per heavy atom. The average Bonchev–Trinajstić information content (AvgIpc) is 3.20. The molecule has 0 bridgehead atoms. The van der Waals surface area contributed by atoms with Crippen LogP contribution in [0.3, 0.4) is 0 Å². The van der Waals surface area contributed by atoms with Gasteiger partial charge in [0, 0.05) is 18.0 Å². The first kappa shape index (κ1) is 20.2. The molecule has 0 aliphatic carbocycles. The van der Waals surface area contributed by atoms with Gasteiger partial charge in [0.2, 0.25) is 0 Å². The summed E-state index contributed by atoms with van der Waals surface area (Å²) in [4.78, 5) is 7.11. The molecule has 0 fully saturated rings. The van der Waals surface area contributed by atoms with Gasteiger partial charge in [-0.3, -0.25) is 4.90 Å². The van der Waals surface area contributed by atoms with Gasteiger partial charge >= 0.3 is 0 Å². The third-order valence-electron chi connectivity index (χ3n) is 4.86. The molecule has 1 aromatic heterocycles. The SMILES string of the molecule is COc1ccc(C(C)N(C)Cc2csc(-c3cccc(OC)c3OC)n2)cc1. The molecule has 5 nitrogen and oxygen atoms in total. The summed E-state index contributed by atoms with van der Waals surface area (Å²) < 4.78 is 16.2. The normalized spacial score (nSPS) is 12.1. The molecule has 1 heterocycles. The van der Waals surface area contributed by atoms with Gasteiger partial charge in [0.25, 0.3) is 0 Å². The molecule has 0 N–H and O–H groups in total. The topological polar surface area (TPSA) is 43.8 Å². The van der Waals surface area contributed by atoms with E-state index in [0.29, 0.717) is 11.5 Å². The Morgan fingerprint density at radius 3 is 2.39 bits per heavy atom. The van der Waals surface area contributed by atoms with Crippen molar-refractivity contribution in [2.75, 3.05) is 28.4 Å². The monoisotopic (exact) mass is 398 g/mol. The number of thiazole rings is 1. The Labute approximate surface area is 170 Å². The summed E-state index contributed by atoms with van der Waals surface area (Å²) in [6, 6.07) is 14.3. The molecule has 6 heteroatoms. The van der Waals surface area contributed by atoms with Gasteiger partial charge in [0.05, 0.1) is 32.6 Å². The molecule has 3 aromatic rings. The molecule has 148 valence electrons. The maximum Gasteiger partial charge on any atom is 0.170 e. The molecule has 0 saturated heterocycles. The number of hydrogen-bond donors (Lipinski definition) is 0. The minimum Gasteiger partial charge on any atom is -0.497 e. The zero-order chi connectivity index (χ0) is 20.1. The number of hydrogen-bond acceptors (Lipinski definition) is 6. The minimum atomic E-state index is 0.266. The molecule has 0 saturated carbocycles. The molecule has 0 aliphatic heterocycles. The quantitative estimate of drug-likeness (QED) is 0.532. The Hall–Kier alpha value is -2.57. The lowest BCUT2D eigenvalue weighted by molar-refractivity contribution is 0.250. The minimum absolute atomic E-state index is 0.266. The van der Waals surface area contributed by atoms with E-state index in [1.165, 1.54) is 5.56 Å². The van der Waals surface area contributed by atoms with Gasteiger partial charge in [-0.15, -0.1) is 11.3 Å². The zero-order valence-electron chi connectivity index (χ0n) is 16.9. The van der Waals surface area contributed by atoms with E-state index in [1.807, 2.05) is 30.3 Å². The summed E-state index contributed by atoms with van der Waals surface area (Å²) >= 11 is 1.62. The maximum absolute atomic E-state index is 5.55. The van der Waals surface area contributed by atoms with Crippen molar-refractivity contribution in [1.29, 1.82) is 0 Å². The number of methoxy groups -OCH3 is 3. The number of nitrogens with zero attached hydrogens (tertiary/aromatic N) is 2. The Morgan fingerprint density at radius 1 is 1.00 bits per heavy atom. The van der Waals surface area contributed by atoms with Crippen molar-refractivity contribution in [2.45, 2.75) is 19.5 Å². The van der Waals surface area contributed by atoms with Crippen molar-refractivity contribution < 1.29 is 14.2 Å². The number of ether oxygens (including phenoxy) is 3. The van der Waals surface area contributed by atoms with Gasteiger partial charge in [0.1, 0.15) is 10.8 Å². The fourth-order valence-corrected chi connectivity index (χ4v) is 3.92. The van der Waals surface area contributed by atoms with Crippen LogP contribution in [0.1, 0.15) is 24.2 Å². The standard InChI is InChI=1S/C22H26N2O3S/c1-15(16-9-11-18(25-3)12-10-16)24(2)13-17-14-28-22(23-17)19-7-6-8-20(26-4)21(19)27-5/h6-12,14-15H,13H2,1-5H3. The van der Waals surface area contributed by atoms with Gasteiger partial charge in [-0.2, -0.15) is 0 Å². The van der Waals surface area contributed by atoms with Crippen LogP contribution in [-0.4, -0.2) is 38.3 Å². The summed E-state index contributed by atoms with van der Waals surface area (Å²) in [6.45, 7) is 2.95.